The second kappa shape index (κ2) is 6.44. The molecule has 0 aliphatic carbocycles. The average Bonchev–Trinajstić information content (AvgIpc) is 3.36. The summed E-state index contributed by atoms with van der Waals surface area (Å²) in [4.78, 5) is 15.1. The zero-order valence-corrected chi connectivity index (χ0v) is 15.4. The summed E-state index contributed by atoms with van der Waals surface area (Å²) in [5.41, 5.74) is 4.75. The zero-order valence-electron chi connectivity index (χ0n) is 15.4. The maximum Gasteiger partial charge on any atom is 0.274 e. The number of hydrogen-bond donors (Lipinski definition) is 0. The van der Waals surface area contributed by atoms with Crippen molar-refractivity contribution < 1.29 is 4.79 Å². The minimum absolute atomic E-state index is 0.00941. The molecule has 1 atom stereocenters. The predicted octanol–water partition coefficient (Wildman–Crippen LogP) is 3.20. The highest BCUT2D eigenvalue weighted by atomic mass is 16.2. The van der Waals surface area contributed by atoms with E-state index in [4.69, 9.17) is 0 Å². The van der Waals surface area contributed by atoms with Crippen LogP contribution >= 0.6 is 0 Å². The van der Waals surface area contributed by atoms with Gasteiger partial charge in [-0.3, -0.25) is 9.48 Å². The van der Waals surface area contributed by atoms with Gasteiger partial charge in [0.05, 0.1) is 17.4 Å². The molecule has 1 aliphatic rings. The molecule has 1 saturated heterocycles. The fourth-order valence-corrected chi connectivity index (χ4v) is 3.89. The van der Waals surface area contributed by atoms with Gasteiger partial charge in [-0.15, -0.1) is 0 Å². The number of amides is 1. The number of nitrogens with zero attached hydrogens (tertiary/aromatic N) is 5. The number of rotatable bonds is 3. The van der Waals surface area contributed by atoms with E-state index in [1.54, 1.807) is 10.7 Å². The standard InChI is InChI=1S/C20H23N5O/c1-14-19(15(2)23(3)21-14)18-10-7-12-24(18)20(26)17-11-13-25(22-17)16-8-5-4-6-9-16/h4-6,8-9,11,13,18H,7,10,12H2,1-3H3/t18-/m1/s1. The molecule has 1 fully saturated rings. The number of carbonyl (C=O) groups excluding carboxylic acids is 1. The van der Waals surface area contributed by atoms with Crippen LogP contribution in [0.4, 0.5) is 0 Å². The van der Waals surface area contributed by atoms with E-state index in [1.165, 1.54) is 5.56 Å². The lowest BCUT2D eigenvalue weighted by Crippen LogP contribution is -2.31. The van der Waals surface area contributed by atoms with Crippen molar-refractivity contribution in [1.29, 1.82) is 0 Å². The first-order valence-electron chi connectivity index (χ1n) is 8.98. The number of aryl methyl sites for hydroxylation is 2. The Morgan fingerprint density at radius 3 is 2.58 bits per heavy atom. The third-order valence-corrected chi connectivity index (χ3v) is 5.24. The Balaban J connectivity index is 1.63. The van der Waals surface area contributed by atoms with E-state index in [1.807, 2.05) is 60.1 Å². The van der Waals surface area contributed by atoms with Gasteiger partial charge in [0.25, 0.3) is 5.91 Å². The van der Waals surface area contributed by atoms with Gasteiger partial charge in [-0.25, -0.2) is 4.68 Å². The highest BCUT2D eigenvalue weighted by Gasteiger charge is 2.34. The molecule has 6 heteroatoms. The van der Waals surface area contributed by atoms with Crippen molar-refractivity contribution in [3.63, 3.8) is 0 Å². The van der Waals surface area contributed by atoms with Crippen LogP contribution in [0, 0.1) is 13.8 Å². The fourth-order valence-electron chi connectivity index (χ4n) is 3.89. The second-order valence-corrected chi connectivity index (χ2v) is 6.85. The smallest absolute Gasteiger partial charge is 0.274 e. The molecule has 1 amide bonds. The van der Waals surface area contributed by atoms with Crippen LogP contribution in [0.25, 0.3) is 5.69 Å². The summed E-state index contributed by atoms with van der Waals surface area (Å²) >= 11 is 0. The molecule has 0 saturated carbocycles. The van der Waals surface area contributed by atoms with Crippen LogP contribution in [-0.2, 0) is 7.05 Å². The Labute approximate surface area is 153 Å². The number of carbonyl (C=O) groups is 1. The summed E-state index contributed by atoms with van der Waals surface area (Å²) < 4.78 is 3.65. The minimum Gasteiger partial charge on any atom is -0.330 e. The van der Waals surface area contributed by atoms with E-state index in [0.29, 0.717) is 5.69 Å². The van der Waals surface area contributed by atoms with Gasteiger partial charge >= 0.3 is 0 Å². The Kier molecular flexibility index (Phi) is 4.11. The highest BCUT2D eigenvalue weighted by molar-refractivity contribution is 5.92. The SMILES string of the molecule is Cc1nn(C)c(C)c1[C@H]1CCCN1C(=O)c1ccn(-c2ccccc2)n1. The molecule has 1 aliphatic heterocycles. The van der Waals surface area contributed by atoms with Crippen LogP contribution in [0.3, 0.4) is 0 Å². The summed E-state index contributed by atoms with van der Waals surface area (Å²) in [6, 6.07) is 11.7. The quantitative estimate of drug-likeness (QED) is 0.730. The van der Waals surface area contributed by atoms with Gasteiger partial charge in [-0.2, -0.15) is 10.2 Å². The number of likely N-dealkylation sites (tertiary alicyclic amines) is 1. The summed E-state index contributed by atoms with van der Waals surface area (Å²) in [5.74, 6) is -0.00941. The van der Waals surface area contributed by atoms with E-state index < -0.39 is 0 Å². The Morgan fingerprint density at radius 1 is 1.12 bits per heavy atom. The largest absolute Gasteiger partial charge is 0.330 e. The molecule has 6 nitrogen and oxygen atoms in total. The Bertz CT molecular complexity index is 941. The first kappa shape index (κ1) is 16.6. The maximum absolute atomic E-state index is 13.1. The van der Waals surface area contributed by atoms with E-state index in [2.05, 4.69) is 17.1 Å². The van der Waals surface area contributed by atoms with Gasteiger partial charge in [-0.05, 0) is 44.9 Å². The molecule has 2 aromatic heterocycles. The van der Waals surface area contributed by atoms with Crippen molar-refractivity contribution in [2.45, 2.75) is 32.7 Å². The molecule has 26 heavy (non-hydrogen) atoms. The molecular weight excluding hydrogens is 326 g/mol. The van der Waals surface area contributed by atoms with Gasteiger partial charge in [0, 0.05) is 31.0 Å². The summed E-state index contributed by atoms with van der Waals surface area (Å²) in [5, 5.41) is 9.03. The first-order chi connectivity index (χ1) is 12.6. The molecule has 1 aromatic carbocycles. The highest BCUT2D eigenvalue weighted by Crippen LogP contribution is 2.36. The molecular formula is C20H23N5O. The van der Waals surface area contributed by atoms with Crippen LogP contribution in [0.15, 0.2) is 42.6 Å². The normalized spacial score (nSPS) is 17.0. The first-order valence-corrected chi connectivity index (χ1v) is 8.98. The number of para-hydroxylation sites is 1. The topological polar surface area (TPSA) is 56.0 Å². The summed E-state index contributed by atoms with van der Waals surface area (Å²) in [6.07, 6.45) is 3.82. The van der Waals surface area contributed by atoms with Crippen molar-refractivity contribution in [1.82, 2.24) is 24.5 Å². The third-order valence-electron chi connectivity index (χ3n) is 5.24. The van der Waals surface area contributed by atoms with Crippen molar-refractivity contribution in [2.24, 2.45) is 7.05 Å². The van der Waals surface area contributed by atoms with Crippen LogP contribution in [0.5, 0.6) is 0 Å². The third kappa shape index (κ3) is 2.71. The van der Waals surface area contributed by atoms with Crippen LogP contribution in [0.2, 0.25) is 0 Å². The van der Waals surface area contributed by atoms with E-state index >= 15 is 0 Å². The van der Waals surface area contributed by atoms with E-state index in [9.17, 15) is 4.79 Å². The van der Waals surface area contributed by atoms with Gasteiger partial charge < -0.3 is 4.90 Å². The lowest BCUT2D eigenvalue weighted by atomic mass is 10.0. The number of hydrogen-bond acceptors (Lipinski definition) is 3. The maximum atomic E-state index is 13.1. The Hall–Kier alpha value is -2.89. The van der Waals surface area contributed by atoms with Gasteiger partial charge in [0.15, 0.2) is 5.69 Å². The van der Waals surface area contributed by atoms with Crippen molar-refractivity contribution in [3.05, 3.63) is 65.2 Å². The zero-order chi connectivity index (χ0) is 18.3. The van der Waals surface area contributed by atoms with Crippen LogP contribution < -0.4 is 0 Å². The fraction of sp³-hybridized carbons (Fsp3) is 0.350. The molecule has 134 valence electrons. The van der Waals surface area contributed by atoms with Crippen molar-refractivity contribution in [3.8, 4) is 5.69 Å². The molecule has 0 unspecified atom stereocenters. The number of benzene rings is 1. The van der Waals surface area contributed by atoms with Crippen molar-refractivity contribution >= 4 is 5.91 Å². The van der Waals surface area contributed by atoms with Crippen LogP contribution in [-0.4, -0.2) is 36.9 Å². The molecule has 3 heterocycles. The predicted molar refractivity (Wildman–Crippen MR) is 99.3 cm³/mol. The van der Waals surface area contributed by atoms with Gasteiger partial charge in [-0.1, -0.05) is 18.2 Å². The summed E-state index contributed by atoms with van der Waals surface area (Å²) in [7, 11) is 1.95. The molecule has 3 aromatic rings. The van der Waals surface area contributed by atoms with E-state index in [-0.39, 0.29) is 11.9 Å². The lowest BCUT2D eigenvalue weighted by Gasteiger charge is -2.24. The van der Waals surface area contributed by atoms with Gasteiger partial charge in [0.2, 0.25) is 0 Å². The molecule has 4 rings (SSSR count). The van der Waals surface area contributed by atoms with Crippen LogP contribution in [0.1, 0.15) is 46.3 Å². The lowest BCUT2D eigenvalue weighted by molar-refractivity contribution is 0.0728. The number of aromatic nitrogens is 4. The minimum atomic E-state index is -0.00941. The average molecular weight is 349 g/mol. The van der Waals surface area contributed by atoms with Gasteiger partial charge in [0.1, 0.15) is 0 Å². The Morgan fingerprint density at radius 2 is 1.88 bits per heavy atom. The monoisotopic (exact) mass is 349 g/mol. The molecule has 0 N–H and O–H groups in total. The second-order valence-electron chi connectivity index (χ2n) is 6.85. The van der Waals surface area contributed by atoms with E-state index in [0.717, 1.165) is 36.5 Å². The van der Waals surface area contributed by atoms with Crippen molar-refractivity contribution in [2.75, 3.05) is 6.54 Å². The summed E-state index contributed by atoms with van der Waals surface area (Å²) in [6.45, 7) is 4.85. The molecule has 0 spiro atoms. The molecule has 0 bridgehead atoms. The molecule has 0 radical (unpaired) electrons.